The van der Waals surface area contributed by atoms with Crippen molar-refractivity contribution in [2.75, 3.05) is 19.0 Å². The number of methoxy groups -OCH3 is 1. The van der Waals surface area contributed by atoms with Crippen molar-refractivity contribution >= 4 is 46.0 Å². The van der Waals surface area contributed by atoms with Gasteiger partial charge in [-0.1, -0.05) is 23.4 Å². The molecule has 0 saturated carbocycles. The summed E-state index contributed by atoms with van der Waals surface area (Å²) in [6.45, 7) is 2.72. The number of nitrogens with zero attached hydrogens (tertiary/aromatic N) is 2. The molecule has 9 heteroatoms. The maximum atomic E-state index is 13.8. The Morgan fingerprint density at radius 2 is 2.11 bits per heavy atom. The van der Waals surface area contributed by atoms with Gasteiger partial charge in [-0.2, -0.15) is 0 Å². The van der Waals surface area contributed by atoms with Crippen LogP contribution in [0.3, 0.4) is 0 Å². The molecule has 1 heterocycles. The number of halogens is 3. The number of carbonyl (C=O) groups excluding carboxylic acids is 1. The van der Waals surface area contributed by atoms with Crippen molar-refractivity contribution in [3.05, 3.63) is 53.1 Å². The summed E-state index contributed by atoms with van der Waals surface area (Å²) in [4.78, 5) is 17.0. The molecule has 3 aromatic rings. The van der Waals surface area contributed by atoms with Crippen LogP contribution in [0.15, 0.2) is 41.6 Å². The summed E-state index contributed by atoms with van der Waals surface area (Å²) in [7, 11) is 1.61. The average Bonchev–Trinajstić information content (AvgIpc) is 2.98. The standard InChI is InChI=1S/C19H18ClF2N3O2S/c1-11(18(26)23-15-5-4-13(21)10-14(15)22)28-19-24-16-9-12(20)3-6-17(16)25(19)7-8-27-2/h3-6,9-11H,7-8H2,1-2H3,(H,23,26). The van der Waals surface area contributed by atoms with Crippen molar-refractivity contribution in [2.24, 2.45) is 0 Å². The number of hydrogen-bond donors (Lipinski definition) is 1. The van der Waals surface area contributed by atoms with E-state index in [1.807, 2.05) is 10.6 Å². The van der Waals surface area contributed by atoms with Crippen LogP contribution in [0, 0.1) is 11.6 Å². The maximum absolute atomic E-state index is 13.8. The SMILES string of the molecule is COCCn1c(SC(C)C(=O)Nc2ccc(F)cc2F)nc2cc(Cl)ccc21. The molecule has 5 nitrogen and oxygen atoms in total. The molecule has 0 aliphatic heterocycles. The second kappa shape index (κ2) is 8.89. The topological polar surface area (TPSA) is 56.1 Å². The number of rotatable bonds is 7. The lowest BCUT2D eigenvalue weighted by molar-refractivity contribution is -0.115. The first kappa shape index (κ1) is 20.6. The molecule has 2 aromatic carbocycles. The first-order chi connectivity index (χ1) is 13.4. The molecule has 1 unspecified atom stereocenters. The van der Waals surface area contributed by atoms with Gasteiger partial charge in [0.25, 0.3) is 0 Å². The Kier molecular flexibility index (Phi) is 6.53. The molecule has 0 aliphatic carbocycles. The second-order valence-electron chi connectivity index (χ2n) is 6.05. The van der Waals surface area contributed by atoms with Gasteiger partial charge in [-0.15, -0.1) is 0 Å². The molecule has 0 aliphatic rings. The molecule has 1 aromatic heterocycles. The minimum Gasteiger partial charge on any atom is -0.383 e. The number of ether oxygens (including phenoxy) is 1. The molecule has 3 rings (SSSR count). The number of anilines is 1. The lowest BCUT2D eigenvalue weighted by atomic mass is 10.3. The van der Waals surface area contributed by atoms with Gasteiger partial charge in [0.1, 0.15) is 11.6 Å². The predicted molar refractivity (Wildman–Crippen MR) is 107 cm³/mol. The number of carbonyl (C=O) groups is 1. The van der Waals surface area contributed by atoms with Crippen molar-refractivity contribution in [1.82, 2.24) is 9.55 Å². The fraction of sp³-hybridized carbons (Fsp3) is 0.263. The third-order valence-electron chi connectivity index (χ3n) is 4.03. The van der Waals surface area contributed by atoms with E-state index in [-0.39, 0.29) is 5.69 Å². The summed E-state index contributed by atoms with van der Waals surface area (Å²) in [5.41, 5.74) is 1.52. The minimum atomic E-state index is -0.826. The Morgan fingerprint density at radius 3 is 2.82 bits per heavy atom. The molecule has 0 fully saturated rings. The summed E-state index contributed by atoms with van der Waals surface area (Å²) in [5.74, 6) is -1.95. The molecular weight excluding hydrogens is 408 g/mol. The second-order valence-corrected chi connectivity index (χ2v) is 7.79. The van der Waals surface area contributed by atoms with Crippen LogP contribution in [-0.2, 0) is 16.1 Å². The summed E-state index contributed by atoms with van der Waals surface area (Å²) >= 11 is 7.28. The highest BCUT2D eigenvalue weighted by Crippen LogP contribution is 2.29. The van der Waals surface area contributed by atoms with E-state index < -0.39 is 22.8 Å². The van der Waals surface area contributed by atoms with Crippen LogP contribution in [-0.4, -0.2) is 34.4 Å². The highest BCUT2D eigenvalue weighted by Gasteiger charge is 2.20. The Bertz CT molecular complexity index is 1010. The summed E-state index contributed by atoms with van der Waals surface area (Å²) in [6, 6.07) is 8.39. The zero-order valence-corrected chi connectivity index (χ0v) is 16.8. The zero-order chi connectivity index (χ0) is 20.3. The average molecular weight is 426 g/mol. The van der Waals surface area contributed by atoms with Gasteiger partial charge in [0, 0.05) is 24.7 Å². The molecule has 0 spiro atoms. The third-order valence-corrected chi connectivity index (χ3v) is 5.36. The van der Waals surface area contributed by atoms with Crippen molar-refractivity contribution in [3.8, 4) is 0 Å². The maximum Gasteiger partial charge on any atom is 0.237 e. The van der Waals surface area contributed by atoms with Crippen LogP contribution >= 0.6 is 23.4 Å². The highest BCUT2D eigenvalue weighted by atomic mass is 35.5. The minimum absolute atomic E-state index is 0.0708. The fourth-order valence-corrected chi connectivity index (χ4v) is 3.72. The normalized spacial score (nSPS) is 12.3. The van der Waals surface area contributed by atoms with E-state index >= 15 is 0 Å². The number of imidazole rings is 1. The van der Waals surface area contributed by atoms with Gasteiger partial charge in [0.15, 0.2) is 5.16 Å². The summed E-state index contributed by atoms with van der Waals surface area (Å²) < 4.78 is 33.9. The number of hydrogen-bond acceptors (Lipinski definition) is 4. The van der Waals surface area contributed by atoms with Crippen LogP contribution in [0.2, 0.25) is 5.02 Å². The van der Waals surface area contributed by atoms with Crippen LogP contribution in [0.1, 0.15) is 6.92 Å². The number of aromatic nitrogens is 2. The highest BCUT2D eigenvalue weighted by molar-refractivity contribution is 8.00. The van der Waals surface area contributed by atoms with Gasteiger partial charge in [0.05, 0.1) is 28.6 Å². The first-order valence-corrected chi connectivity index (χ1v) is 9.72. The largest absolute Gasteiger partial charge is 0.383 e. The lowest BCUT2D eigenvalue weighted by Crippen LogP contribution is -2.23. The molecule has 1 amide bonds. The van der Waals surface area contributed by atoms with E-state index in [0.717, 1.165) is 17.6 Å². The molecule has 1 N–H and O–H groups in total. The first-order valence-electron chi connectivity index (χ1n) is 8.46. The van der Waals surface area contributed by atoms with E-state index in [4.69, 9.17) is 16.3 Å². The molecular formula is C19H18ClF2N3O2S. The van der Waals surface area contributed by atoms with Crippen molar-refractivity contribution in [1.29, 1.82) is 0 Å². The van der Waals surface area contributed by atoms with Gasteiger partial charge in [0.2, 0.25) is 5.91 Å². The van der Waals surface area contributed by atoms with Crippen molar-refractivity contribution in [2.45, 2.75) is 23.9 Å². The third kappa shape index (κ3) is 4.63. The lowest BCUT2D eigenvalue weighted by Gasteiger charge is -2.14. The Balaban J connectivity index is 1.81. The molecule has 0 saturated heterocycles. The Hall–Kier alpha value is -2.16. The van der Waals surface area contributed by atoms with Gasteiger partial charge in [-0.05, 0) is 37.3 Å². The summed E-state index contributed by atoms with van der Waals surface area (Å²) in [5, 5.41) is 3.10. The van der Waals surface area contributed by atoms with Crippen LogP contribution in [0.5, 0.6) is 0 Å². The van der Waals surface area contributed by atoms with Gasteiger partial charge in [-0.3, -0.25) is 4.79 Å². The predicted octanol–water partition coefficient (Wildman–Crippen LogP) is 4.73. The Morgan fingerprint density at radius 1 is 1.32 bits per heavy atom. The smallest absolute Gasteiger partial charge is 0.237 e. The fourth-order valence-electron chi connectivity index (χ4n) is 2.61. The monoisotopic (exact) mass is 425 g/mol. The molecule has 1 atom stereocenters. The quantitative estimate of drug-likeness (QED) is 0.556. The van der Waals surface area contributed by atoms with Gasteiger partial charge < -0.3 is 14.6 Å². The van der Waals surface area contributed by atoms with Crippen molar-refractivity contribution in [3.63, 3.8) is 0 Å². The Labute approximate surface area is 170 Å². The zero-order valence-electron chi connectivity index (χ0n) is 15.2. The van der Waals surface area contributed by atoms with E-state index in [1.54, 1.807) is 26.2 Å². The van der Waals surface area contributed by atoms with Gasteiger partial charge >= 0.3 is 0 Å². The molecule has 148 valence electrons. The molecule has 0 bridgehead atoms. The van der Waals surface area contributed by atoms with Gasteiger partial charge in [-0.25, -0.2) is 13.8 Å². The molecule has 0 radical (unpaired) electrons. The van der Waals surface area contributed by atoms with E-state index in [1.165, 1.54) is 17.8 Å². The number of benzene rings is 2. The van der Waals surface area contributed by atoms with E-state index in [2.05, 4.69) is 10.3 Å². The van der Waals surface area contributed by atoms with Crippen molar-refractivity contribution < 1.29 is 18.3 Å². The number of nitrogens with one attached hydrogen (secondary N) is 1. The number of thioether (sulfide) groups is 1. The summed E-state index contributed by atoms with van der Waals surface area (Å²) in [6.07, 6.45) is 0. The van der Waals surface area contributed by atoms with E-state index in [0.29, 0.717) is 28.8 Å². The van der Waals surface area contributed by atoms with E-state index in [9.17, 15) is 13.6 Å². The van der Waals surface area contributed by atoms with Crippen LogP contribution in [0.4, 0.5) is 14.5 Å². The number of amides is 1. The van der Waals surface area contributed by atoms with Crippen LogP contribution < -0.4 is 5.32 Å². The molecule has 28 heavy (non-hydrogen) atoms. The van der Waals surface area contributed by atoms with Crippen LogP contribution in [0.25, 0.3) is 11.0 Å². The number of fused-ring (bicyclic) bond motifs is 1.